The van der Waals surface area contributed by atoms with Gasteiger partial charge in [-0.05, 0) is 67.6 Å². The fraction of sp³-hybridized carbons (Fsp3) is 0.115. The van der Waals surface area contributed by atoms with E-state index in [1.165, 1.54) is 30.5 Å². The maximum absolute atomic E-state index is 13.3. The quantitative estimate of drug-likeness (QED) is 0.449. The summed E-state index contributed by atoms with van der Waals surface area (Å²) in [7, 11) is 1.56. The SMILES string of the molecule is COc1ccc(NC(=O)Cn2cc(C(=O)c3ccc(F)cc3)c(=O)c3cc(C)ccc32)cc1. The average molecular weight is 444 g/mol. The summed E-state index contributed by atoms with van der Waals surface area (Å²) < 4.78 is 20.0. The van der Waals surface area contributed by atoms with E-state index in [0.717, 1.165) is 5.56 Å². The van der Waals surface area contributed by atoms with Crippen LogP contribution in [0.25, 0.3) is 10.9 Å². The minimum atomic E-state index is -0.535. The molecule has 33 heavy (non-hydrogen) atoms. The maximum Gasteiger partial charge on any atom is 0.244 e. The number of ether oxygens (including phenoxy) is 1. The zero-order chi connectivity index (χ0) is 23.5. The second-order valence-electron chi connectivity index (χ2n) is 7.63. The first-order chi connectivity index (χ1) is 15.9. The van der Waals surface area contributed by atoms with E-state index in [4.69, 9.17) is 4.74 Å². The minimum absolute atomic E-state index is 0.0862. The second kappa shape index (κ2) is 9.08. The fourth-order valence-electron chi connectivity index (χ4n) is 3.59. The number of hydrogen-bond donors (Lipinski definition) is 1. The van der Waals surface area contributed by atoms with Crippen molar-refractivity contribution in [2.45, 2.75) is 13.5 Å². The lowest BCUT2D eigenvalue weighted by atomic mass is 10.0. The molecule has 0 aliphatic rings. The molecule has 3 aromatic carbocycles. The molecular weight excluding hydrogens is 423 g/mol. The Bertz CT molecular complexity index is 1410. The lowest BCUT2D eigenvalue weighted by molar-refractivity contribution is -0.116. The Hall–Kier alpha value is -4.26. The van der Waals surface area contributed by atoms with Crippen LogP contribution in [0.5, 0.6) is 5.75 Å². The van der Waals surface area contributed by atoms with Crippen LogP contribution in [-0.4, -0.2) is 23.4 Å². The molecule has 0 atom stereocenters. The largest absolute Gasteiger partial charge is 0.497 e. The number of aryl methyl sites for hydroxylation is 1. The monoisotopic (exact) mass is 444 g/mol. The molecule has 0 aliphatic heterocycles. The van der Waals surface area contributed by atoms with E-state index in [9.17, 15) is 18.8 Å². The van der Waals surface area contributed by atoms with E-state index >= 15 is 0 Å². The third kappa shape index (κ3) is 4.67. The zero-order valence-corrected chi connectivity index (χ0v) is 18.1. The molecular formula is C26H21FN2O4. The first-order valence-corrected chi connectivity index (χ1v) is 10.2. The van der Waals surface area contributed by atoms with Crippen LogP contribution in [0, 0.1) is 12.7 Å². The summed E-state index contributed by atoms with van der Waals surface area (Å²) in [6.45, 7) is 1.73. The number of amides is 1. The van der Waals surface area contributed by atoms with Gasteiger partial charge in [0.25, 0.3) is 0 Å². The van der Waals surface area contributed by atoms with Gasteiger partial charge in [0.15, 0.2) is 5.78 Å². The molecule has 0 spiro atoms. The Morgan fingerprint density at radius 2 is 1.70 bits per heavy atom. The van der Waals surface area contributed by atoms with E-state index in [-0.39, 0.29) is 23.6 Å². The Kier molecular flexibility index (Phi) is 6.04. The number of carbonyl (C=O) groups is 2. The van der Waals surface area contributed by atoms with Gasteiger partial charge < -0.3 is 14.6 Å². The summed E-state index contributed by atoms with van der Waals surface area (Å²) in [5.41, 5.74) is 1.64. The number of rotatable bonds is 6. The highest BCUT2D eigenvalue weighted by Gasteiger charge is 2.18. The smallest absolute Gasteiger partial charge is 0.244 e. The maximum atomic E-state index is 13.3. The molecule has 0 fully saturated rings. The first-order valence-electron chi connectivity index (χ1n) is 10.2. The molecule has 4 rings (SSSR count). The number of aromatic nitrogens is 1. The van der Waals surface area contributed by atoms with Crippen molar-refractivity contribution in [2.75, 3.05) is 12.4 Å². The molecule has 1 amide bonds. The number of pyridine rings is 1. The Labute approximate surface area is 189 Å². The summed E-state index contributed by atoms with van der Waals surface area (Å²) in [6.07, 6.45) is 1.39. The van der Waals surface area contributed by atoms with E-state index in [2.05, 4.69) is 5.32 Å². The van der Waals surface area contributed by atoms with Crippen molar-refractivity contribution < 1.29 is 18.7 Å². The molecule has 4 aromatic rings. The minimum Gasteiger partial charge on any atom is -0.497 e. The van der Waals surface area contributed by atoms with E-state index in [1.807, 2.05) is 13.0 Å². The van der Waals surface area contributed by atoms with Crippen LogP contribution in [-0.2, 0) is 11.3 Å². The molecule has 166 valence electrons. The molecule has 0 bridgehead atoms. The van der Waals surface area contributed by atoms with Crippen molar-refractivity contribution in [2.24, 2.45) is 0 Å². The van der Waals surface area contributed by atoms with Gasteiger partial charge in [-0.3, -0.25) is 14.4 Å². The highest BCUT2D eigenvalue weighted by atomic mass is 19.1. The van der Waals surface area contributed by atoms with Crippen molar-refractivity contribution in [3.8, 4) is 5.75 Å². The van der Waals surface area contributed by atoms with Crippen LogP contribution in [0.15, 0.2) is 77.7 Å². The number of halogens is 1. The number of anilines is 1. The molecule has 0 saturated heterocycles. The second-order valence-corrected chi connectivity index (χ2v) is 7.63. The molecule has 0 aliphatic carbocycles. The third-order valence-corrected chi connectivity index (χ3v) is 5.27. The third-order valence-electron chi connectivity index (χ3n) is 5.27. The predicted molar refractivity (Wildman–Crippen MR) is 124 cm³/mol. The van der Waals surface area contributed by atoms with Gasteiger partial charge in [0.2, 0.25) is 11.3 Å². The van der Waals surface area contributed by atoms with E-state index < -0.39 is 17.0 Å². The predicted octanol–water partition coefficient (Wildman–Crippen LogP) is 4.33. The van der Waals surface area contributed by atoms with Crippen molar-refractivity contribution in [3.05, 3.63) is 106 Å². The van der Waals surface area contributed by atoms with Crippen LogP contribution >= 0.6 is 0 Å². The Morgan fingerprint density at radius 3 is 2.36 bits per heavy atom. The molecule has 0 radical (unpaired) electrons. The summed E-state index contributed by atoms with van der Waals surface area (Å²) >= 11 is 0. The summed E-state index contributed by atoms with van der Waals surface area (Å²) in [5.74, 6) is -0.675. The summed E-state index contributed by atoms with van der Waals surface area (Å²) in [4.78, 5) is 38.9. The van der Waals surface area contributed by atoms with Gasteiger partial charge in [-0.2, -0.15) is 0 Å². The standard InChI is InChI=1S/C26H21FN2O4/c1-16-3-12-23-21(13-16)26(32)22(25(31)17-4-6-18(27)7-5-17)14-29(23)15-24(30)28-19-8-10-20(33-2)11-9-19/h3-14H,15H2,1-2H3,(H,28,30). The number of benzene rings is 3. The molecule has 0 unspecified atom stereocenters. The molecule has 1 heterocycles. The van der Waals surface area contributed by atoms with Gasteiger partial charge in [-0.15, -0.1) is 0 Å². The molecule has 6 nitrogen and oxygen atoms in total. The van der Waals surface area contributed by atoms with Crippen molar-refractivity contribution in [3.63, 3.8) is 0 Å². The van der Waals surface area contributed by atoms with Gasteiger partial charge in [-0.25, -0.2) is 4.39 Å². The normalized spacial score (nSPS) is 10.8. The van der Waals surface area contributed by atoms with Crippen LogP contribution in [0.2, 0.25) is 0 Å². The van der Waals surface area contributed by atoms with Crippen molar-refractivity contribution >= 4 is 28.3 Å². The molecule has 7 heteroatoms. The number of nitrogens with zero attached hydrogens (tertiary/aromatic N) is 1. The van der Waals surface area contributed by atoms with Gasteiger partial charge >= 0.3 is 0 Å². The van der Waals surface area contributed by atoms with Crippen molar-refractivity contribution in [1.82, 2.24) is 4.57 Å². The molecule has 1 aromatic heterocycles. The lowest BCUT2D eigenvalue weighted by Crippen LogP contribution is -2.24. The Balaban J connectivity index is 1.72. The highest BCUT2D eigenvalue weighted by molar-refractivity contribution is 6.10. The number of fused-ring (bicyclic) bond motifs is 1. The lowest BCUT2D eigenvalue weighted by Gasteiger charge is -2.14. The molecule has 1 N–H and O–H groups in total. The van der Waals surface area contributed by atoms with Crippen LogP contribution in [0.3, 0.4) is 0 Å². The number of ketones is 1. The molecule has 0 saturated carbocycles. The highest BCUT2D eigenvalue weighted by Crippen LogP contribution is 2.18. The van der Waals surface area contributed by atoms with Gasteiger partial charge in [0.1, 0.15) is 18.1 Å². The average Bonchev–Trinajstić information content (AvgIpc) is 2.81. The van der Waals surface area contributed by atoms with Gasteiger partial charge in [0, 0.05) is 22.8 Å². The summed E-state index contributed by atoms with van der Waals surface area (Å²) in [6, 6.07) is 17.2. The zero-order valence-electron chi connectivity index (χ0n) is 18.1. The van der Waals surface area contributed by atoms with Crippen LogP contribution in [0.1, 0.15) is 21.5 Å². The number of nitrogens with one attached hydrogen (secondary N) is 1. The Morgan fingerprint density at radius 1 is 1.00 bits per heavy atom. The number of methoxy groups -OCH3 is 1. The summed E-state index contributed by atoms with van der Waals surface area (Å²) in [5, 5.41) is 3.13. The van der Waals surface area contributed by atoms with Crippen molar-refractivity contribution in [1.29, 1.82) is 0 Å². The topological polar surface area (TPSA) is 77.4 Å². The first kappa shape index (κ1) is 22.0. The fourth-order valence-corrected chi connectivity index (χ4v) is 3.59. The van der Waals surface area contributed by atoms with E-state index in [1.54, 1.807) is 48.1 Å². The van der Waals surface area contributed by atoms with Crippen LogP contribution < -0.4 is 15.5 Å². The van der Waals surface area contributed by atoms with Gasteiger partial charge in [-0.1, -0.05) is 11.6 Å². The van der Waals surface area contributed by atoms with E-state index in [0.29, 0.717) is 22.3 Å². The number of hydrogen-bond acceptors (Lipinski definition) is 4. The van der Waals surface area contributed by atoms with Gasteiger partial charge in [0.05, 0.1) is 18.2 Å². The van der Waals surface area contributed by atoms with Crippen LogP contribution in [0.4, 0.5) is 10.1 Å². The number of carbonyl (C=O) groups excluding carboxylic acids is 2.